The first-order chi connectivity index (χ1) is 8.13. The van der Waals surface area contributed by atoms with Gasteiger partial charge in [0.2, 0.25) is 0 Å². The topological polar surface area (TPSA) is 12.0 Å². The molecule has 1 N–H and O–H groups in total. The fraction of sp³-hybridized carbons (Fsp3) is 0.429. The summed E-state index contributed by atoms with van der Waals surface area (Å²) < 4.78 is 1.03. The third-order valence-corrected chi connectivity index (χ3v) is 4.19. The van der Waals surface area contributed by atoms with Crippen LogP contribution in [0, 0.1) is 0 Å². The van der Waals surface area contributed by atoms with Crippen molar-refractivity contribution in [1.82, 2.24) is 5.32 Å². The minimum absolute atomic E-state index is 0.419. The highest BCUT2D eigenvalue weighted by Crippen LogP contribution is 2.25. The summed E-state index contributed by atoms with van der Waals surface area (Å²) in [7, 11) is 0. The Morgan fingerprint density at radius 2 is 2.29 bits per heavy atom. The van der Waals surface area contributed by atoms with E-state index in [0.29, 0.717) is 6.04 Å². The molecule has 0 heterocycles. The van der Waals surface area contributed by atoms with Gasteiger partial charge in [0.25, 0.3) is 0 Å². The summed E-state index contributed by atoms with van der Waals surface area (Å²) in [6.07, 6.45) is 1.17. The normalized spacial score (nSPS) is 12.4. The largest absolute Gasteiger partial charge is 0.310 e. The highest BCUT2D eigenvalue weighted by Gasteiger charge is 2.04. The molecule has 0 fully saturated rings. The zero-order chi connectivity index (χ0) is 12.7. The van der Waals surface area contributed by atoms with Crippen LogP contribution in [0.15, 0.2) is 40.2 Å². The first-order valence-corrected chi connectivity index (χ1v) is 7.70. The number of hydrogen-bond acceptors (Lipinski definition) is 2. The molecule has 0 saturated carbocycles. The van der Waals surface area contributed by atoms with Crippen LogP contribution in [0.1, 0.15) is 31.9 Å². The second kappa shape index (κ2) is 7.96. The van der Waals surface area contributed by atoms with Gasteiger partial charge in [0, 0.05) is 16.7 Å². The molecule has 17 heavy (non-hydrogen) atoms. The number of rotatable bonds is 7. The van der Waals surface area contributed by atoms with Crippen molar-refractivity contribution in [2.75, 3.05) is 12.3 Å². The van der Waals surface area contributed by atoms with E-state index in [1.165, 1.54) is 16.9 Å². The Morgan fingerprint density at radius 3 is 2.94 bits per heavy atom. The van der Waals surface area contributed by atoms with Crippen molar-refractivity contribution in [2.24, 2.45) is 0 Å². The van der Waals surface area contributed by atoms with Crippen molar-refractivity contribution in [2.45, 2.75) is 31.2 Å². The van der Waals surface area contributed by atoms with Crippen LogP contribution in [0.5, 0.6) is 0 Å². The van der Waals surface area contributed by atoms with Gasteiger partial charge in [-0.25, -0.2) is 0 Å². The van der Waals surface area contributed by atoms with Crippen LogP contribution < -0.4 is 5.32 Å². The van der Waals surface area contributed by atoms with Gasteiger partial charge in [-0.2, -0.15) is 0 Å². The van der Waals surface area contributed by atoms with Crippen LogP contribution >= 0.6 is 27.7 Å². The summed E-state index contributed by atoms with van der Waals surface area (Å²) in [6, 6.07) is 9.13. The Morgan fingerprint density at radius 1 is 1.53 bits per heavy atom. The Labute approximate surface area is 117 Å². The van der Waals surface area contributed by atoms with E-state index >= 15 is 0 Å². The SMILES string of the molecule is C=C(Br)CSc1cccc(C(C)NCCC)c1. The van der Waals surface area contributed by atoms with E-state index in [9.17, 15) is 0 Å². The van der Waals surface area contributed by atoms with Crippen molar-refractivity contribution < 1.29 is 0 Å². The molecule has 94 valence electrons. The molecule has 0 aliphatic carbocycles. The Bertz CT molecular complexity index is 365. The molecule has 1 aromatic rings. The van der Waals surface area contributed by atoms with Gasteiger partial charge >= 0.3 is 0 Å². The zero-order valence-electron chi connectivity index (χ0n) is 10.5. The van der Waals surface area contributed by atoms with Gasteiger partial charge in [0.15, 0.2) is 0 Å². The second-order valence-corrected chi connectivity index (χ2v) is 6.22. The molecule has 1 atom stereocenters. The lowest BCUT2D eigenvalue weighted by atomic mass is 10.1. The maximum atomic E-state index is 3.85. The molecular formula is C14H20BrNS. The zero-order valence-corrected chi connectivity index (χ0v) is 12.9. The summed E-state index contributed by atoms with van der Waals surface area (Å²) >= 11 is 5.20. The molecule has 0 saturated heterocycles. The van der Waals surface area contributed by atoms with Crippen LogP contribution in [0.3, 0.4) is 0 Å². The van der Waals surface area contributed by atoms with Gasteiger partial charge in [0.1, 0.15) is 0 Å². The van der Waals surface area contributed by atoms with Crippen molar-refractivity contribution in [1.29, 1.82) is 0 Å². The first kappa shape index (κ1) is 14.8. The van der Waals surface area contributed by atoms with E-state index in [2.05, 4.69) is 65.9 Å². The predicted molar refractivity (Wildman–Crippen MR) is 81.9 cm³/mol. The lowest BCUT2D eigenvalue weighted by molar-refractivity contribution is 0.570. The van der Waals surface area contributed by atoms with Gasteiger partial charge in [-0.1, -0.05) is 41.6 Å². The first-order valence-electron chi connectivity index (χ1n) is 5.93. The molecule has 0 radical (unpaired) electrons. The fourth-order valence-corrected chi connectivity index (χ4v) is 2.57. The number of benzene rings is 1. The molecule has 0 aliphatic rings. The standard InChI is InChI=1S/C14H20BrNS/c1-4-8-16-12(3)13-6-5-7-14(9-13)17-10-11(2)15/h5-7,9,12,16H,2,4,8,10H2,1,3H3. The van der Waals surface area contributed by atoms with Gasteiger partial charge < -0.3 is 5.32 Å². The highest BCUT2D eigenvalue weighted by molar-refractivity contribution is 9.11. The number of halogens is 1. The third-order valence-electron chi connectivity index (χ3n) is 2.45. The third kappa shape index (κ3) is 5.75. The van der Waals surface area contributed by atoms with E-state index < -0.39 is 0 Å². The van der Waals surface area contributed by atoms with Crippen molar-refractivity contribution in [3.8, 4) is 0 Å². The monoisotopic (exact) mass is 313 g/mol. The quantitative estimate of drug-likeness (QED) is 0.729. The molecule has 3 heteroatoms. The van der Waals surface area contributed by atoms with Crippen molar-refractivity contribution >= 4 is 27.7 Å². The minimum Gasteiger partial charge on any atom is -0.310 e. The van der Waals surface area contributed by atoms with Gasteiger partial charge in [0.05, 0.1) is 0 Å². The van der Waals surface area contributed by atoms with Crippen LogP contribution in [0.2, 0.25) is 0 Å². The summed E-state index contributed by atoms with van der Waals surface area (Å²) in [6.45, 7) is 9.32. The van der Waals surface area contributed by atoms with Gasteiger partial charge in [-0.3, -0.25) is 0 Å². The van der Waals surface area contributed by atoms with E-state index in [-0.39, 0.29) is 0 Å². The number of hydrogen-bond donors (Lipinski definition) is 1. The maximum Gasteiger partial charge on any atom is 0.0292 e. The van der Waals surface area contributed by atoms with Crippen LogP contribution in [-0.4, -0.2) is 12.3 Å². The van der Waals surface area contributed by atoms with E-state index in [0.717, 1.165) is 16.8 Å². The molecule has 1 rings (SSSR count). The fourth-order valence-electron chi connectivity index (χ4n) is 1.51. The Balaban J connectivity index is 2.61. The lowest BCUT2D eigenvalue weighted by Gasteiger charge is -2.14. The smallest absolute Gasteiger partial charge is 0.0292 e. The Kier molecular flexibility index (Phi) is 6.93. The van der Waals surface area contributed by atoms with Crippen LogP contribution in [0.25, 0.3) is 0 Å². The number of thioether (sulfide) groups is 1. The molecule has 0 aromatic heterocycles. The van der Waals surface area contributed by atoms with Gasteiger partial charge in [-0.05, 0) is 42.1 Å². The number of nitrogens with one attached hydrogen (secondary N) is 1. The van der Waals surface area contributed by atoms with E-state index in [1.54, 1.807) is 0 Å². The summed E-state index contributed by atoms with van der Waals surface area (Å²) in [5, 5.41) is 3.50. The van der Waals surface area contributed by atoms with Crippen molar-refractivity contribution in [3.63, 3.8) is 0 Å². The molecule has 0 spiro atoms. The average Bonchev–Trinajstić information content (AvgIpc) is 2.33. The molecule has 0 amide bonds. The van der Waals surface area contributed by atoms with Crippen LogP contribution in [0.4, 0.5) is 0 Å². The molecule has 0 bridgehead atoms. The summed E-state index contributed by atoms with van der Waals surface area (Å²) in [5.74, 6) is 0.917. The highest BCUT2D eigenvalue weighted by atomic mass is 79.9. The summed E-state index contributed by atoms with van der Waals surface area (Å²) in [4.78, 5) is 1.30. The lowest BCUT2D eigenvalue weighted by Crippen LogP contribution is -2.19. The van der Waals surface area contributed by atoms with E-state index in [4.69, 9.17) is 0 Å². The molecular weight excluding hydrogens is 294 g/mol. The summed E-state index contributed by atoms with van der Waals surface area (Å²) in [5.41, 5.74) is 1.35. The molecule has 1 unspecified atom stereocenters. The maximum absolute atomic E-state index is 3.85. The van der Waals surface area contributed by atoms with E-state index in [1.807, 2.05) is 11.8 Å². The predicted octanol–water partition coefficient (Wildman–Crippen LogP) is 4.75. The van der Waals surface area contributed by atoms with Crippen LogP contribution in [-0.2, 0) is 0 Å². The Hall–Kier alpha value is -0.250. The average molecular weight is 314 g/mol. The second-order valence-electron chi connectivity index (χ2n) is 4.05. The van der Waals surface area contributed by atoms with Crippen molar-refractivity contribution in [3.05, 3.63) is 40.9 Å². The van der Waals surface area contributed by atoms with Gasteiger partial charge in [-0.15, -0.1) is 11.8 Å². The molecule has 0 aliphatic heterocycles. The minimum atomic E-state index is 0.419. The molecule has 1 aromatic carbocycles. The molecule has 1 nitrogen and oxygen atoms in total.